The number of amides is 1. The molecule has 0 aliphatic carbocycles. The summed E-state index contributed by atoms with van der Waals surface area (Å²) in [5.41, 5.74) is 4.79. The number of benzene rings is 3. The Morgan fingerprint density at radius 2 is 1.70 bits per heavy atom. The monoisotopic (exact) mass is 435 g/mol. The maximum Gasteiger partial charge on any atom is 0.255 e. The van der Waals surface area contributed by atoms with Crippen LogP contribution in [-0.2, 0) is 6.54 Å². The van der Waals surface area contributed by atoms with Crippen molar-refractivity contribution in [2.75, 3.05) is 10.6 Å². The lowest BCUT2D eigenvalue weighted by molar-refractivity contribution is 0.102. The minimum Gasteiger partial charge on any atom is -0.380 e. The molecule has 1 aromatic heterocycles. The molecule has 1 heterocycles. The van der Waals surface area contributed by atoms with Gasteiger partial charge in [-0.15, -0.1) is 0 Å². The zero-order valence-electron chi connectivity index (χ0n) is 16.2. The second-order valence-electron chi connectivity index (χ2n) is 6.94. The van der Waals surface area contributed by atoms with Crippen LogP contribution in [0.3, 0.4) is 0 Å². The number of fused-ring (bicyclic) bond motifs is 1. The van der Waals surface area contributed by atoms with Crippen molar-refractivity contribution in [2.24, 2.45) is 0 Å². The maximum absolute atomic E-state index is 12.6. The van der Waals surface area contributed by atoms with Gasteiger partial charge in [0.15, 0.2) is 0 Å². The van der Waals surface area contributed by atoms with E-state index in [1.807, 2.05) is 61.5 Å². The maximum atomic E-state index is 12.6. The standard InChI is InChI=1S/C24H19Cl2N3O/c1-15-12-22(27-14-16-10-11-19(25)20(26)13-16)18-8-5-9-21(23(18)28-15)29-24(30)17-6-3-2-4-7-17/h2-13H,14H2,1H3,(H,27,28)(H,29,30). The topological polar surface area (TPSA) is 54.0 Å². The number of aryl methyl sites for hydroxylation is 1. The van der Waals surface area contributed by atoms with Gasteiger partial charge in [0, 0.05) is 28.9 Å². The van der Waals surface area contributed by atoms with Crippen molar-refractivity contribution in [1.29, 1.82) is 0 Å². The molecule has 0 spiro atoms. The number of hydrogen-bond donors (Lipinski definition) is 2. The molecule has 0 radical (unpaired) electrons. The van der Waals surface area contributed by atoms with Crippen LogP contribution in [0.5, 0.6) is 0 Å². The van der Waals surface area contributed by atoms with Crippen molar-refractivity contribution in [3.05, 3.63) is 99.7 Å². The number of anilines is 2. The Labute approximate surface area is 184 Å². The molecule has 4 aromatic rings. The van der Waals surface area contributed by atoms with Gasteiger partial charge in [0.05, 0.1) is 21.2 Å². The van der Waals surface area contributed by atoms with Crippen LogP contribution in [-0.4, -0.2) is 10.9 Å². The molecule has 0 unspecified atom stereocenters. The third-order valence-corrected chi connectivity index (χ3v) is 5.46. The highest BCUT2D eigenvalue weighted by molar-refractivity contribution is 6.42. The number of nitrogens with zero attached hydrogens (tertiary/aromatic N) is 1. The van der Waals surface area contributed by atoms with E-state index in [0.717, 1.165) is 27.8 Å². The highest BCUT2D eigenvalue weighted by Gasteiger charge is 2.12. The van der Waals surface area contributed by atoms with Crippen molar-refractivity contribution in [2.45, 2.75) is 13.5 Å². The van der Waals surface area contributed by atoms with Gasteiger partial charge in [0.1, 0.15) is 0 Å². The van der Waals surface area contributed by atoms with Crippen molar-refractivity contribution in [1.82, 2.24) is 4.98 Å². The first-order chi connectivity index (χ1) is 14.5. The van der Waals surface area contributed by atoms with E-state index in [2.05, 4.69) is 15.6 Å². The molecule has 2 N–H and O–H groups in total. The van der Waals surface area contributed by atoms with E-state index in [9.17, 15) is 4.79 Å². The van der Waals surface area contributed by atoms with E-state index in [1.54, 1.807) is 18.2 Å². The summed E-state index contributed by atoms with van der Waals surface area (Å²) < 4.78 is 0. The van der Waals surface area contributed by atoms with Crippen molar-refractivity contribution >= 4 is 51.4 Å². The van der Waals surface area contributed by atoms with Gasteiger partial charge in [-0.3, -0.25) is 9.78 Å². The predicted octanol–water partition coefficient (Wildman–Crippen LogP) is 6.71. The second kappa shape index (κ2) is 8.74. The lowest BCUT2D eigenvalue weighted by Gasteiger charge is -2.14. The number of halogens is 2. The van der Waals surface area contributed by atoms with Crippen LogP contribution in [0.2, 0.25) is 10.0 Å². The number of carbonyl (C=O) groups is 1. The molecule has 0 saturated carbocycles. The highest BCUT2D eigenvalue weighted by atomic mass is 35.5. The lowest BCUT2D eigenvalue weighted by Crippen LogP contribution is -2.12. The largest absolute Gasteiger partial charge is 0.380 e. The van der Waals surface area contributed by atoms with Crippen LogP contribution < -0.4 is 10.6 Å². The van der Waals surface area contributed by atoms with E-state index in [0.29, 0.717) is 27.8 Å². The molecule has 0 bridgehead atoms. The van der Waals surface area contributed by atoms with Crippen LogP contribution in [0.4, 0.5) is 11.4 Å². The van der Waals surface area contributed by atoms with Crippen molar-refractivity contribution in [3.8, 4) is 0 Å². The molecule has 0 aliphatic rings. The Hall–Kier alpha value is -3.08. The fourth-order valence-electron chi connectivity index (χ4n) is 3.25. The summed E-state index contributed by atoms with van der Waals surface area (Å²) in [6, 6.07) is 22.4. The van der Waals surface area contributed by atoms with E-state index in [-0.39, 0.29) is 5.91 Å². The third-order valence-electron chi connectivity index (χ3n) is 4.72. The van der Waals surface area contributed by atoms with Crippen molar-refractivity contribution in [3.63, 3.8) is 0 Å². The first kappa shape index (κ1) is 20.2. The van der Waals surface area contributed by atoms with E-state index < -0.39 is 0 Å². The van der Waals surface area contributed by atoms with Gasteiger partial charge in [0.25, 0.3) is 5.91 Å². The van der Waals surface area contributed by atoms with Crippen LogP contribution in [0, 0.1) is 6.92 Å². The molecule has 6 heteroatoms. The summed E-state index contributed by atoms with van der Waals surface area (Å²) in [6.45, 7) is 2.51. The van der Waals surface area contributed by atoms with Gasteiger partial charge in [-0.1, -0.05) is 59.6 Å². The number of nitrogens with one attached hydrogen (secondary N) is 2. The molecule has 150 valence electrons. The van der Waals surface area contributed by atoms with Gasteiger partial charge in [-0.05, 0) is 48.9 Å². The average Bonchev–Trinajstić information content (AvgIpc) is 2.75. The zero-order valence-corrected chi connectivity index (χ0v) is 17.8. The SMILES string of the molecule is Cc1cc(NCc2ccc(Cl)c(Cl)c2)c2cccc(NC(=O)c3ccccc3)c2n1. The number of pyridine rings is 1. The number of carbonyl (C=O) groups excluding carboxylic acids is 1. The molecule has 0 saturated heterocycles. The normalized spacial score (nSPS) is 10.8. The van der Waals surface area contributed by atoms with E-state index in [4.69, 9.17) is 23.2 Å². The fraction of sp³-hybridized carbons (Fsp3) is 0.0833. The summed E-state index contributed by atoms with van der Waals surface area (Å²) in [6.07, 6.45) is 0. The van der Waals surface area contributed by atoms with Gasteiger partial charge in [0.2, 0.25) is 0 Å². The average molecular weight is 436 g/mol. The Morgan fingerprint density at radius 3 is 2.47 bits per heavy atom. The van der Waals surface area contributed by atoms with Gasteiger partial charge >= 0.3 is 0 Å². The van der Waals surface area contributed by atoms with Crippen LogP contribution in [0.1, 0.15) is 21.6 Å². The molecule has 4 rings (SSSR count). The van der Waals surface area contributed by atoms with Crippen LogP contribution in [0.25, 0.3) is 10.9 Å². The van der Waals surface area contributed by atoms with Crippen molar-refractivity contribution < 1.29 is 4.79 Å². The predicted molar refractivity (Wildman–Crippen MR) is 125 cm³/mol. The molecule has 30 heavy (non-hydrogen) atoms. The minimum absolute atomic E-state index is 0.170. The molecule has 4 nitrogen and oxygen atoms in total. The molecule has 0 atom stereocenters. The summed E-state index contributed by atoms with van der Waals surface area (Å²) in [4.78, 5) is 17.3. The van der Waals surface area contributed by atoms with Gasteiger partial charge < -0.3 is 10.6 Å². The molecular weight excluding hydrogens is 417 g/mol. The molecule has 0 aliphatic heterocycles. The first-order valence-electron chi connectivity index (χ1n) is 9.46. The fourth-order valence-corrected chi connectivity index (χ4v) is 3.58. The molecule has 3 aromatic carbocycles. The van der Waals surface area contributed by atoms with E-state index >= 15 is 0 Å². The Morgan fingerprint density at radius 1 is 0.900 bits per heavy atom. The number of hydrogen-bond acceptors (Lipinski definition) is 3. The molecule has 0 fully saturated rings. The minimum atomic E-state index is -0.170. The lowest BCUT2D eigenvalue weighted by atomic mass is 10.1. The zero-order chi connectivity index (χ0) is 21.1. The smallest absolute Gasteiger partial charge is 0.255 e. The first-order valence-corrected chi connectivity index (χ1v) is 10.2. The molecular formula is C24H19Cl2N3O. The number of aromatic nitrogens is 1. The van der Waals surface area contributed by atoms with Crippen LogP contribution >= 0.6 is 23.2 Å². The highest BCUT2D eigenvalue weighted by Crippen LogP contribution is 2.30. The van der Waals surface area contributed by atoms with Gasteiger partial charge in [-0.25, -0.2) is 0 Å². The summed E-state index contributed by atoms with van der Waals surface area (Å²) in [5, 5.41) is 8.41. The molecule has 1 amide bonds. The summed E-state index contributed by atoms with van der Waals surface area (Å²) in [7, 11) is 0. The van der Waals surface area contributed by atoms with Crippen LogP contribution in [0.15, 0.2) is 72.8 Å². The Balaban J connectivity index is 1.64. The number of para-hydroxylation sites is 1. The Bertz CT molecular complexity index is 1230. The second-order valence-corrected chi connectivity index (χ2v) is 7.75. The summed E-state index contributed by atoms with van der Waals surface area (Å²) in [5.74, 6) is -0.170. The van der Waals surface area contributed by atoms with E-state index in [1.165, 1.54) is 0 Å². The summed E-state index contributed by atoms with van der Waals surface area (Å²) >= 11 is 12.1. The Kier molecular flexibility index (Phi) is 5.88. The quantitative estimate of drug-likeness (QED) is 0.365. The third kappa shape index (κ3) is 4.40. The number of rotatable bonds is 5. The van der Waals surface area contributed by atoms with Gasteiger partial charge in [-0.2, -0.15) is 0 Å².